The van der Waals surface area contributed by atoms with Gasteiger partial charge in [-0.3, -0.25) is 0 Å². The van der Waals surface area contributed by atoms with Crippen molar-refractivity contribution in [1.82, 2.24) is 0 Å². The van der Waals surface area contributed by atoms with Gasteiger partial charge >= 0.3 is 16.8 Å². The third-order valence-electron chi connectivity index (χ3n) is 0.547. The molecule has 11 heteroatoms. The maximum atomic E-state index is 8.25. The largest absolute Gasteiger partial charge is 2.00 e. The minimum atomic E-state index is -1.75. The van der Waals surface area contributed by atoms with Crippen LogP contribution in [0.15, 0.2) is 0 Å². The van der Waals surface area contributed by atoms with E-state index >= 15 is 0 Å². The van der Waals surface area contributed by atoms with Crippen molar-refractivity contribution in [2.45, 2.75) is 26.1 Å². The first kappa shape index (κ1) is 23.6. The minimum absolute atomic E-state index is 0. The quantitative estimate of drug-likeness (QED) is 0.388. The molecule has 2 N–H and O–H groups in total. The molecule has 0 spiro atoms. The van der Waals surface area contributed by atoms with Crippen LogP contribution in [0.2, 0.25) is 0 Å². The molecule has 10 nitrogen and oxygen atoms in total. The molecule has 0 amide bonds. The van der Waals surface area contributed by atoms with Crippen LogP contribution in [-0.4, -0.2) is 26.7 Å². The molecule has 1 radical (unpaired) electrons. The first-order valence-corrected chi connectivity index (χ1v) is 3.23. The van der Waals surface area contributed by atoms with Crippen LogP contribution in [0.1, 0.15) is 19.8 Å². The monoisotopic (exact) mass is 273 g/mol. The van der Waals surface area contributed by atoms with Gasteiger partial charge in [0.25, 0.3) is 0 Å². The Kier molecular flexibility index (Phi) is 29.2. The Labute approximate surface area is 94.6 Å². The van der Waals surface area contributed by atoms with Crippen molar-refractivity contribution >= 4 is 0 Å². The maximum absolute atomic E-state index is 8.25. The zero-order valence-corrected chi connectivity index (χ0v) is 8.60. The van der Waals surface area contributed by atoms with Crippen molar-refractivity contribution in [1.29, 1.82) is 0 Å². The van der Waals surface area contributed by atoms with Crippen molar-refractivity contribution in [2.24, 2.45) is 0 Å². The predicted molar refractivity (Wildman–Crippen MR) is 43.9 cm³/mol. The van der Waals surface area contributed by atoms with Crippen molar-refractivity contribution in [2.75, 3.05) is 0 Å². The van der Waals surface area contributed by atoms with E-state index in [0.29, 0.717) is 6.42 Å². The van der Waals surface area contributed by atoms with Crippen LogP contribution < -0.4 is 0 Å². The number of nitrogens with zero attached hydrogens (tertiary/aromatic N) is 2. The van der Waals surface area contributed by atoms with Crippen LogP contribution in [0, 0.1) is 30.6 Å². The number of hydrogen-bond donors (Lipinski definition) is 2. The second kappa shape index (κ2) is 18.6. The van der Waals surface area contributed by atoms with Gasteiger partial charge in [0.15, 0.2) is 6.29 Å². The van der Waals surface area contributed by atoms with E-state index in [-0.39, 0.29) is 16.8 Å². The second-order valence-corrected chi connectivity index (χ2v) is 1.72. The van der Waals surface area contributed by atoms with Crippen LogP contribution in [-0.2, 0) is 16.8 Å². The first-order chi connectivity index (χ1) is 6.23. The van der Waals surface area contributed by atoms with E-state index in [9.17, 15) is 0 Å². The van der Waals surface area contributed by atoms with E-state index in [1.165, 1.54) is 0 Å². The Bertz CT molecular complexity index is 134. The van der Waals surface area contributed by atoms with Gasteiger partial charge in [-0.25, -0.2) is 0 Å². The molecule has 0 aromatic carbocycles. The van der Waals surface area contributed by atoms with Gasteiger partial charge in [0.2, 0.25) is 0 Å². The summed E-state index contributed by atoms with van der Waals surface area (Å²) in [5.41, 5.74) is 0. The van der Waals surface area contributed by atoms with Crippen molar-refractivity contribution in [3.63, 3.8) is 0 Å². The summed E-state index contributed by atoms with van der Waals surface area (Å²) in [5.74, 6) is 0. The van der Waals surface area contributed by atoms with Gasteiger partial charge in [0.1, 0.15) is 0 Å². The standard InChI is InChI=1S/C4H10O2.Co.2NO3/c1-2-3-4(5)6;;2*2-1(3)4/h4-6H,2-3H2,1H3;;;/q;+2;2*-1. The molecule has 0 aliphatic heterocycles. The van der Waals surface area contributed by atoms with Crippen LogP contribution >= 0.6 is 0 Å². The van der Waals surface area contributed by atoms with Crippen molar-refractivity contribution < 1.29 is 37.2 Å². The smallest absolute Gasteiger partial charge is 0.368 e. The third kappa shape index (κ3) is 451. The Morgan fingerprint density at radius 2 is 1.27 bits per heavy atom. The fraction of sp³-hybridized carbons (Fsp3) is 1.00. The van der Waals surface area contributed by atoms with E-state index in [4.69, 9.17) is 40.9 Å². The molecule has 0 aromatic heterocycles. The molecule has 15 heavy (non-hydrogen) atoms. The zero-order chi connectivity index (χ0) is 12.1. The molecule has 0 aliphatic rings. The van der Waals surface area contributed by atoms with Crippen LogP contribution in [0.3, 0.4) is 0 Å². The summed E-state index contributed by atoms with van der Waals surface area (Å²) in [7, 11) is 0. The van der Waals surface area contributed by atoms with E-state index in [1.54, 1.807) is 0 Å². The number of hydrogen-bond acceptors (Lipinski definition) is 8. The third-order valence-corrected chi connectivity index (χ3v) is 0.547. The molecule has 0 rings (SSSR count). The van der Waals surface area contributed by atoms with Gasteiger partial charge in [-0.15, -0.1) is 0 Å². The number of aliphatic hydroxyl groups is 2. The van der Waals surface area contributed by atoms with E-state index in [0.717, 1.165) is 6.42 Å². The average Bonchev–Trinajstić information content (AvgIpc) is 1.82. The summed E-state index contributed by atoms with van der Waals surface area (Å²) in [4.78, 5) is 16.5. The Morgan fingerprint density at radius 3 is 1.27 bits per heavy atom. The first-order valence-electron chi connectivity index (χ1n) is 3.23. The van der Waals surface area contributed by atoms with Crippen molar-refractivity contribution in [3.8, 4) is 0 Å². The molecular formula is C4H10CoN2O8. The van der Waals surface area contributed by atoms with Gasteiger partial charge in [0.05, 0.1) is 10.2 Å². The summed E-state index contributed by atoms with van der Waals surface area (Å²) in [6.07, 6.45) is 0.215. The van der Waals surface area contributed by atoms with E-state index in [2.05, 4.69) is 0 Å². The minimum Gasteiger partial charge on any atom is -0.368 e. The summed E-state index contributed by atoms with van der Waals surface area (Å²) in [5, 5.41) is 45.7. The summed E-state index contributed by atoms with van der Waals surface area (Å²) in [6.45, 7) is 1.90. The summed E-state index contributed by atoms with van der Waals surface area (Å²) in [6, 6.07) is 0. The summed E-state index contributed by atoms with van der Waals surface area (Å²) >= 11 is 0. The molecule has 0 heterocycles. The Balaban J connectivity index is -0.0000000606. The van der Waals surface area contributed by atoms with E-state index in [1.807, 2.05) is 6.92 Å². The number of aliphatic hydroxyl groups excluding tert-OH is 1. The fourth-order valence-electron chi connectivity index (χ4n) is 0.258. The predicted octanol–water partition coefficient (Wildman–Crippen LogP) is -0.384. The Morgan fingerprint density at radius 1 is 1.07 bits per heavy atom. The molecule has 0 fully saturated rings. The fourth-order valence-corrected chi connectivity index (χ4v) is 0.258. The SMILES string of the molecule is CCCC(O)O.O=[N+]([O-])[O-].O=[N+]([O-])[O-].[Co+2]. The molecule has 0 atom stereocenters. The Hall–Kier alpha value is -1.17. The molecule has 0 saturated heterocycles. The molecule has 0 aliphatic carbocycles. The van der Waals surface area contributed by atoms with Crippen LogP contribution in [0.25, 0.3) is 0 Å². The zero-order valence-electron chi connectivity index (χ0n) is 7.56. The molecule has 0 saturated carbocycles. The van der Waals surface area contributed by atoms with Crippen molar-refractivity contribution in [3.05, 3.63) is 30.6 Å². The van der Waals surface area contributed by atoms with Crippen LogP contribution in [0.5, 0.6) is 0 Å². The summed E-state index contributed by atoms with van der Waals surface area (Å²) < 4.78 is 0. The van der Waals surface area contributed by atoms with Crippen LogP contribution in [0.4, 0.5) is 0 Å². The van der Waals surface area contributed by atoms with Gasteiger partial charge in [-0.2, -0.15) is 0 Å². The molecule has 0 unspecified atom stereocenters. The molecule has 93 valence electrons. The maximum Gasteiger partial charge on any atom is 2.00 e. The number of rotatable bonds is 2. The van der Waals surface area contributed by atoms with Gasteiger partial charge in [-0.05, 0) is 6.42 Å². The van der Waals surface area contributed by atoms with Gasteiger partial charge in [0, 0.05) is 0 Å². The normalized spacial score (nSPS) is 7.20. The van der Waals surface area contributed by atoms with Gasteiger partial charge < -0.3 is 40.9 Å². The topological polar surface area (TPSA) is 173 Å². The second-order valence-electron chi connectivity index (χ2n) is 1.72. The molecule has 0 aromatic rings. The molecular weight excluding hydrogens is 263 g/mol. The van der Waals surface area contributed by atoms with Gasteiger partial charge in [-0.1, -0.05) is 13.3 Å². The van der Waals surface area contributed by atoms with E-state index < -0.39 is 16.5 Å². The molecule has 0 bridgehead atoms. The average molecular weight is 273 g/mol.